The third-order valence-corrected chi connectivity index (χ3v) is 3.34. The molecule has 1 saturated heterocycles. The van der Waals surface area contributed by atoms with Gasteiger partial charge in [0, 0.05) is 19.6 Å². The second-order valence-corrected chi connectivity index (χ2v) is 5.63. The summed E-state index contributed by atoms with van der Waals surface area (Å²) in [6.45, 7) is 5.31. The van der Waals surface area contributed by atoms with Crippen molar-refractivity contribution in [1.82, 2.24) is 4.90 Å². The predicted molar refractivity (Wildman–Crippen MR) is 66.0 cm³/mol. The van der Waals surface area contributed by atoms with Gasteiger partial charge in [0.05, 0.1) is 12.2 Å². The maximum Gasteiger partial charge on any atom is 0.407 e. The molecule has 100 valence electrons. The first kappa shape index (κ1) is 14.3. The van der Waals surface area contributed by atoms with E-state index in [4.69, 9.17) is 15.6 Å². The minimum atomic E-state index is -0.929. The molecule has 1 amide bonds. The lowest BCUT2D eigenvalue weighted by Gasteiger charge is -2.36. The molecule has 0 spiro atoms. The van der Waals surface area contributed by atoms with Gasteiger partial charge in [0.1, 0.15) is 0 Å². The minimum absolute atomic E-state index is 0.0154. The van der Waals surface area contributed by atoms with Crippen LogP contribution in [0.15, 0.2) is 0 Å². The molecule has 17 heavy (non-hydrogen) atoms. The lowest BCUT2D eigenvalue weighted by atomic mass is 9.88. The topological polar surface area (TPSA) is 75.8 Å². The van der Waals surface area contributed by atoms with Crippen molar-refractivity contribution in [2.45, 2.75) is 44.8 Å². The molecule has 0 unspecified atom stereocenters. The largest absolute Gasteiger partial charge is 0.465 e. The highest BCUT2D eigenvalue weighted by molar-refractivity contribution is 5.64. The molecule has 0 radical (unpaired) electrons. The van der Waals surface area contributed by atoms with Gasteiger partial charge in [-0.15, -0.1) is 0 Å². The van der Waals surface area contributed by atoms with Gasteiger partial charge in [-0.1, -0.05) is 0 Å². The van der Waals surface area contributed by atoms with Gasteiger partial charge in [-0.25, -0.2) is 4.79 Å². The van der Waals surface area contributed by atoms with Gasteiger partial charge in [0.25, 0.3) is 0 Å². The van der Waals surface area contributed by atoms with Crippen molar-refractivity contribution < 1.29 is 14.6 Å². The molecule has 0 bridgehead atoms. The zero-order valence-electron chi connectivity index (χ0n) is 11.0. The van der Waals surface area contributed by atoms with Crippen molar-refractivity contribution in [3.63, 3.8) is 0 Å². The lowest BCUT2D eigenvalue weighted by Crippen LogP contribution is -2.41. The Hall–Kier alpha value is -0.810. The monoisotopic (exact) mass is 244 g/mol. The number of carboxylic acid groups (broad SMARTS) is 1. The SMILES string of the molecule is CN(C[C@@H](N)C[C@H]1CCC(C)(C)OC1)C(=O)O. The van der Waals surface area contributed by atoms with E-state index in [1.807, 2.05) is 0 Å². The Labute approximate surface area is 103 Å². The van der Waals surface area contributed by atoms with Crippen molar-refractivity contribution >= 4 is 6.09 Å². The number of nitrogens with zero attached hydrogens (tertiary/aromatic N) is 1. The highest BCUT2D eigenvalue weighted by Gasteiger charge is 2.28. The molecule has 0 saturated carbocycles. The van der Waals surface area contributed by atoms with Gasteiger partial charge in [-0.3, -0.25) is 0 Å². The van der Waals surface area contributed by atoms with Gasteiger partial charge in [-0.05, 0) is 39.0 Å². The van der Waals surface area contributed by atoms with Crippen molar-refractivity contribution in [3.8, 4) is 0 Å². The van der Waals surface area contributed by atoms with Crippen molar-refractivity contribution in [2.24, 2.45) is 11.7 Å². The van der Waals surface area contributed by atoms with E-state index in [1.54, 1.807) is 7.05 Å². The fraction of sp³-hybridized carbons (Fsp3) is 0.917. The number of hydrogen-bond donors (Lipinski definition) is 2. The average molecular weight is 244 g/mol. The van der Waals surface area contributed by atoms with E-state index in [9.17, 15) is 4.79 Å². The summed E-state index contributed by atoms with van der Waals surface area (Å²) in [6.07, 6.45) is 2.05. The zero-order chi connectivity index (χ0) is 13.1. The number of ether oxygens (including phenoxy) is 1. The smallest absolute Gasteiger partial charge is 0.407 e. The number of hydrogen-bond acceptors (Lipinski definition) is 3. The van der Waals surface area contributed by atoms with Crippen molar-refractivity contribution in [1.29, 1.82) is 0 Å². The molecule has 1 fully saturated rings. The first-order valence-electron chi connectivity index (χ1n) is 6.14. The molecule has 0 aliphatic carbocycles. The summed E-state index contributed by atoms with van der Waals surface area (Å²) in [5, 5.41) is 8.75. The van der Waals surface area contributed by atoms with Crippen LogP contribution in [0.4, 0.5) is 4.79 Å². The molecule has 0 aromatic rings. The number of nitrogens with two attached hydrogens (primary N) is 1. The summed E-state index contributed by atoms with van der Waals surface area (Å²) >= 11 is 0. The second kappa shape index (κ2) is 5.69. The van der Waals surface area contributed by atoms with Crippen LogP contribution in [0.25, 0.3) is 0 Å². The van der Waals surface area contributed by atoms with Gasteiger partial charge in [0.15, 0.2) is 0 Å². The summed E-state index contributed by atoms with van der Waals surface area (Å²) in [5.74, 6) is 0.459. The third kappa shape index (κ3) is 4.91. The van der Waals surface area contributed by atoms with Crippen molar-refractivity contribution in [3.05, 3.63) is 0 Å². The maximum atomic E-state index is 10.7. The average Bonchev–Trinajstić information content (AvgIpc) is 2.21. The third-order valence-electron chi connectivity index (χ3n) is 3.34. The van der Waals surface area contributed by atoms with Crippen LogP contribution in [0.5, 0.6) is 0 Å². The van der Waals surface area contributed by atoms with Crippen molar-refractivity contribution in [2.75, 3.05) is 20.2 Å². The summed E-state index contributed by atoms with van der Waals surface area (Å²) in [4.78, 5) is 11.9. The highest BCUT2D eigenvalue weighted by Crippen LogP contribution is 2.29. The normalized spacial score (nSPS) is 25.3. The standard InChI is InChI=1S/C12H24N2O3/c1-12(2)5-4-9(8-17-12)6-10(13)7-14(3)11(15)16/h9-10H,4-8,13H2,1-3H3,(H,15,16)/t9-,10+/m1/s1. The minimum Gasteiger partial charge on any atom is -0.465 e. The first-order chi connectivity index (χ1) is 7.80. The van der Waals surface area contributed by atoms with E-state index in [2.05, 4.69) is 13.8 Å². The van der Waals surface area contributed by atoms with E-state index in [0.29, 0.717) is 12.5 Å². The molecule has 1 heterocycles. The molecule has 0 aromatic heterocycles. The molecule has 2 atom stereocenters. The van der Waals surface area contributed by atoms with Crippen LogP contribution in [-0.2, 0) is 4.74 Å². The van der Waals surface area contributed by atoms with Gasteiger partial charge >= 0.3 is 6.09 Å². The van der Waals surface area contributed by atoms with Crippen LogP contribution < -0.4 is 5.73 Å². The molecule has 1 aliphatic rings. The molecular formula is C12H24N2O3. The second-order valence-electron chi connectivity index (χ2n) is 5.63. The summed E-state index contributed by atoms with van der Waals surface area (Å²) in [7, 11) is 1.54. The van der Waals surface area contributed by atoms with Gasteiger partial charge in [0.2, 0.25) is 0 Å². The van der Waals surface area contributed by atoms with Crippen LogP contribution in [0.1, 0.15) is 33.1 Å². The Balaban J connectivity index is 2.28. The highest BCUT2D eigenvalue weighted by atomic mass is 16.5. The lowest BCUT2D eigenvalue weighted by molar-refractivity contribution is -0.0790. The van der Waals surface area contributed by atoms with Gasteiger partial charge in [-0.2, -0.15) is 0 Å². The van der Waals surface area contributed by atoms with Gasteiger partial charge < -0.3 is 20.5 Å². The number of likely N-dealkylation sites (N-methyl/N-ethyl adjacent to an activating group) is 1. The number of amides is 1. The molecule has 1 aliphatic heterocycles. The van der Waals surface area contributed by atoms with Crippen LogP contribution in [-0.4, -0.2) is 47.9 Å². The Morgan fingerprint density at radius 3 is 2.76 bits per heavy atom. The summed E-state index contributed by atoms with van der Waals surface area (Å²) in [6, 6.07) is -0.106. The molecule has 1 rings (SSSR count). The van der Waals surface area contributed by atoms with E-state index < -0.39 is 6.09 Å². The Bertz CT molecular complexity index is 258. The first-order valence-corrected chi connectivity index (χ1v) is 6.14. The summed E-state index contributed by atoms with van der Waals surface area (Å²) < 4.78 is 5.75. The van der Waals surface area contributed by atoms with E-state index in [-0.39, 0.29) is 11.6 Å². The Kier molecular flexibility index (Phi) is 4.77. The van der Waals surface area contributed by atoms with Crippen LogP contribution in [0.3, 0.4) is 0 Å². The Morgan fingerprint density at radius 1 is 1.65 bits per heavy atom. The molecule has 5 heteroatoms. The van der Waals surface area contributed by atoms with E-state index in [0.717, 1.165) is 25.9 Å². The van der Waals surface area contributed by atoms with E-state index >= 15 is 0 Å². The van der Waals surface area contributed by atoms with Crippen LogP contribution in [0, 0.1) is 5.92 Å². The summed E-state index contributed by atoms with van der Waals surface area (Å²) in [5.41, 5.74) is 5.93. The quantitative estimate of drug-likeness (QED) is 0.786. The predicted octanol–water partition coefficient (Wildman–Crippen LogP) is 1.52. The number of rotatable bonds is 4. The van der Waals surface area contributed by atoms with Crippen LogP contribution in [0.2, 0.25) is 0 Å². The molecular weight excluding hydrogens is 220 g/mol. The molecule has 0 aromatic carbocycles. The Morgan fingerprint density at radius 2 is 2.29 bits per heavy atom. The van der Waals surface area contributed by atoms with E-state index in [1.165, 1.54) is 4.90 Å². The fourth-order valence-corrected chi connectivity index (χ4v) is 2.17. The maximum absolute atomic E-state index is 10.7. The molecule has 3 N–H and O–H groups in total. The zero-order valence-corrected chi connectivity index (χ0v) is 11.0. The van der Waals surface area contributed by atoms with Crippen LogP contribution >= 0.6 is 0 Å². The molecule has 5 nitrogen and oxygen atoms in total. The fourth-order valence-electron chi connectivity index (χ4n) is 2.17. The number of carbonyl (C=O) groups is 1.